The fraction of sp³-hybridized carbons (Fsp3) is 0.524. The SMILES string of the molecule is CCC1CCC2(CC1)NC(=O)N(CC(=O)Nc1nc3c(C)cc(C)cc3s1)C2=O. The molecule has 8 heteroatoms. The molecule has 1 aliphatic heterocycles. The second-order valence-electron chi connectivity index (χ2n) is 8.25. The molecule has 0 bridgehead atoms. The zero-order valence-electron chi connectivity index (χ0n) is 17.0. The number of aromatic nitrogens is 1. The van der Waals surface area contributed by atoms with Crippen LogP contribution in [0.25, 0.3) is 10.2 Å². The van der Waals surface area contributed by atoms with Gasteiger partial charge < -0.3 is 10.6 Å². The first-order valence-corrected chi connectivity index (χ1v) is 10.9. The highest BCUT2D eigenvalue weighted by Crippen LogP contribution is 2.37. The van der Waals surface area contributed by atoms with Crippen molar-refractivity contribution in [3.63, 3.8) is 0 Å². The number of anilines is 1. The molecule has 29 heavy (non-hydrogen) atoms. The minimum Gasteiger partial charge on any atom is -0.323 e. The summed E-state index contributed by atoms with van der Waals surface area (Å²) in [6, 6.07) is 3.60. The van der Waals surface area contributed by atoms with E-state index in [2.05, 4.69) is 22.5 Å². The third-order valence-electron chi connectivity index (χ3n) is 6.16. The average Bonchev–Trinajstić information content (AvgIpc) is 3.17. The van der Waals surface area contributed by atoms with Crippen LogP contribution in [0, 0.1) is 19.8 Å². The number of carbonyl (C=O) groups excluding carboxylic acids is 3. The first kappa shape index (κ1) is 19.8. The summed E-state index contributed by atoms with van der Waals surface area (Å²) in [6.45, 7) is 5.86. The first-order valence-electron chi connectivity index (χ1n) is 10.1. The van der Waals surface area contributed by atoms with Crippen LogP contribution >= 0.6 is 11.3 Å². The highest BCUT2D eigenvalue weighted by Gasteiger charge is 2.52. The molecule has 2 heterocycles. The van der Waals surface area contributed by atoms with Crippen molar-refractivity contribution in [1.29, 1.82) is 0 Å². The van der Waals surface area contributed by atoms with Crippen molar-refractivity contribution in [2.24, 2.45) is 5.92 Å². The van der Waals surface area contributed by atoms with Crippen LogP contribution in [0.4, 0.5) is 9.93 Å². The quantitative estimate of drug-likeness (QED) is 0.746. The Morgan fingerprint density at radius 2 is 2.03 bits per heavy atom. The number of nitrogens with one attached hydrogen (secondary N) is 2. The number of rotatable bonds is 4. The van der Waals surface area contributed by atoms with Crippen LogP contribution in [0.5, 0.6) is 0 Å². The zero-order chi connectivity index (χ0) is 20.8. The van der Waals surface area contributed by atoms with E-state index in [1.807, 2.05) is 26.0 Å². The Hall–Kier alpha value is -2.48. The lowest BCUT2D eigenvalue weighted by Crippen LogP contribution is -2.49. The Kier molecular flexibility index (Phi) is 5.06. The van der Waals surface area contributed by atoms with Gasteiger partial charge in [-0.15, -0.1) is 0 Å². The molecule has 7 nitrogen and oxygen atoms in total. The van der Waals surface area contributed by atoms with Crippen molar-refractivity contribution < 1.29 is 14.4 Å². The average molecular weight is 415 g/mol. The number of hydrogen-bond donors (Lipinski definition) is 2. The molecule has 1 aliphatic carbocycles. The van der Waals surface area contributed by atoms with Gasteiger partial charge in [-0.05, 0) is 62.6 Å². The highest BCUT2D eigenvalue weighted by atomic mass is 32.1. The standard InChI is InChI=1S/C21H26N4O3S/c1-4-14-5-7-21(8-6-14)18(27)25(20(28)24-21)11-16(26)22-19-23-17-13(3)9-12(2)10-15(17)29-19/h9-10,14H,4-8,11H2,1-3H3,(H,24,28)(H,22,23,26). The Morgan fingerprint density at radius 3 is 2.72 bits per heavy atom. The van der Waals surface area contributed by atoms with E-state index in [0.717, 1.165) is 45.5 Å². The Morgan fingerprint density at radius 1 is 1.31 bits per heavy atom. The predicted octanol–water partition coefficient (Wildman–Crippen LogP) is 3.74. The number of thiazole rings is 1. The maximum atomic E-state index is 12.9. The van der Waals surface area contributed by atoms with Gasteiger partial charge >= 0.3 is 6.03 Å². The van der Waals surface area contributed by atoms with Crippen LogP contribution in [0.2, 0.25) is 0 Å². The summed E-state index contributed by atoms with van der Waals surface area (Å²) in [7, 11) is 0. The Labute approximate surface area is 173 Å². The molecule has 0 radical (unpaired) electrons. The number of carbonyl (C=O) groups is 3. The van der Waals surface area contributed by atoms with Crippen LogP contribution < -0.4 is 10.6 Å². The summed E-state index contributed by atoms with van der Waals surface area (Å²) < 4.78 is 0.999. The van der Waals surface area contributed by atoms with Gasteiger partial charge in [-0.3, -0.25) is 14.5 Å². The van der Waals surface area contributed by atoms with E-state index in [9.17, 15) is 14.4 Å². The lowest BCUT2D eigenvalue weighted by Gasteiger charge is -2.34. The van der Waals surface area contributed by atoms with E-state index >= 15 is 0 Å². The van der Waals surface area contributed by atoms with Crippen molar-refractivity contribution in [2.75, 3.05) is 11.9 Å². The fourth-order valence-electron chi connectivity index (χ4n) is 4.46. The maximum absolute atomic E-state index is 12.9. The number of imide groups is 1. The largest absolute Gasteiger partial charge is 0.325 e. The smallest absolute Gasteiger partial charge is 0.323 e. The van der Waals surface area contributed by atoms with E-state index in [4.69, 9.17) is 0 Å². The van der Waals surface area contributed by atoms with E-state index in [-0.39, 0.29) is 12.5 Å². The topological polar surface area (TPSA) is 91.4 Å². The number of nitrogens with zero attached hydrogens (tertiary/aromatic N) is 2. The molecule has 4 amide bonds. The molecule has 1 spiro atoms. The third-order valence-corrected chi connectivity index (χ3v) is 7.08. The van der Waals surface area contributed by atoms with Crippen molar-refractivity contribution in [3.05, 3.63) is 23.3 Å². The highest BCUT2D eigenvalue weighted by molar-refractivity contribution is 7.22. The summed E-state index contributed by atoms with van der Waals surface area (Å²) >= 11 is 1.39. The number of fused-ring (bicyclic) bond motifs is 1. The van der Waals surface area contributed by atoms with Gasteiger partial charge in [-0.2, -0.15) is 0 Å². The molecule has 1 saturated carbocycles. The van der Waals surface area contributed by atoms with Gasteiger partial charge in [0.15, 0.2) is 5.13 Å². The molecule has 2 aliphatic rings. The van der Waals surface area contributed by atoms with Crippen LogP contribution in [-0.2, 0) is 9.59 Å². The van der Waals surface area contributed by atoms with E-state index in [1.165, 1.54) is 11.3 Å². The molecule has 2 fully saturated rings. The summed E-state index contributed by atoms with van der Waals surface area (Å²) in [4.78, 5) is 43.4. The maximum Gasteiger partial charge on any atom is 0.325 e. The first-order chi connectivity index (χ1) is 13.8. The summed E-state index contributed by atoms with van der Waals surface area (Å²) in [5.74, 6) is -0.0852. The minimum absolute atomic E-state index is 0.275. The monoisotopic (exact) mass is 414 g/mol. The number of hydrogen-bond acceptors (Lipinski definition) is 5. The third kappa shape index (κ3) is 3.61. The molecule has 2 aromatic rings. The number of benzene rings is 1. The molecular formula is C21H26N4O3S. The number of amides is 4. The van der Waals surface area contributed by atoms with Crippen LogP contribution in [0.1, 0.15) is 50.2 Å². The molecule has 1 aromatic heterocycles. The molecule has 4 rings (SSSR count). The van der Waals surface area contributed by atoms with Gasteiger partial charge in [0.2, 0.25) is 5.91 Å². The van der Waals surface area contributed by atoms with Crippen LogP contribution in [0.15, 0.2) is 12.1 Å². The van der Waals surface area contributed by atoms with Gasteiger partial charge in [0.05, 0.1) is 10.2 Å². The summed E-state index contributed by atoms with van der Waals surface area (Å²) in [5.41, 5.74) is 2.22. The molecule has 2 N–H and O–H groups in total. The van der Waals surface area contributed by atoms with E-state index in [1.54, 1.807) is 0 Å². The minimum atomic E-state index is -0.826. The lowest BCUT2D eigenvalue weighted by atomic mass is 9.75. The van der Waals surface area contributed by atoms with E-state index < -0.39 is 17.5 Å². The van der Waals surface area contributed by atoms with Crippen LogP contribution in [0.3, 0.4) is 0 Å². The van der Waals surface area contributed by atoms with E-state index in [0.29, 0.717) is 23.9 Å². The molecule has 0 unspecified atom stereocenters. The second-order valence-corrected chi connectivity index (χ2v) is 9.28. The summed E-state index contributed by atoms with van der Waals surface area (Å²) in [5, 5.41) is 6.09. The molecular weight excluding hydrogens is 388 g/mol. The fourth-order valence-corrected chi connectivity index (χ4v) is 5.52. The molecule has 1 saturated heterocycles. The molecule has 154 valence electrons. The lowest BCUT2D eigenvalue weighted by molar-refractivity contribution is -0.135. The molecule has 0 atom stereocenters. The van der Waals surface area contributed by atoms with Crippen LogP contribution in [-0.4, -0.2) is 39.8 Å². The zero-order valence-corrected chi connectivity index (χ0v) is 17.8. The van der Waals surface area contributed by atoms with Gasteiger partial charge in [0.1, 0.15) is 12.1 Å². The summed E-state index contributed by atoms with van der Waals surface area (Å²) in [6.07, 6.45) is 4.22. The van der Waals surface area contributed by atoms with Crippen molar-refractivity contribution in [2.45, 2.75) is 58.4 Å². The Bertz CT molecular complexity index is 991. The Balaban J connectivity index is 1.44. The van der Waals surface area contributed by atoms with Gasteiger partial charge in [-0.25, -0.2) is 9.78 Å². The normalized spacial score (nSPS) is 24.4. The number of urea groups is 1. The van der Waals surface area contributed by atoms with Gasteiger partial charge in [0, 0.05) is 0 Å². The molecule has 1 aromatic carbocycles. The van der Waals surface area contributed by atoms with Gasteiger partial charge in [0.25, 0.3) is 5.91 Å². The van der Waals surface area contributed by atoms with Crippen molar-refractivity contribution in [1.82, 2.24) is 15.2 Å². The van der Waals surface area contributed by atoms with Crippen molar-refractivity contribution in [3.8, 4) is 0 Å². The van der Waals surface area contributed by atoms with Crippen molar-refractivity contribution >= 4 is 44.5 Å². The predicted molar refractivity (Wildman–Crippen MR) is 113 cm³/mol. The second kappa shape index (κ2) is 7.40. The van der Waals surface area contributed by atoms with Gasteiger partial charge in [-0.1, -0.05) is 30.7 Å². The number of aryl methyl sites for hydroxylation is 2.